The lowest BCUT2D eigenvalue weighted by Crippen LogP contribution is -2.57. The zero-order valence-corrected chi connectivity index (χ0v) is 10.5. The maximum Gasteiger partial charge on any atom is 0.0366 e. The van der Waals surface area contributed by atoms with Crippen LogP contribution in [0.1, 0.15) is 52.9 Å². The zero-order chi connectivity index (χ0) is 11.1. The minimum atomic E-state index is 0.353. The topological polar surface area (TPSA) is 29.3 Å². The third-order valence-electron chi connectivity index (χ3n) is 4.58. The Morgan fingerprint density at radius 3 is 2.67 bits per heavy atom. The molecule has 3 atom stereocenters. The molecule has 15 heavy (non-hydrogen) atoms. The average molecular weight is 210 g/mol. The molecule has 0 aromatic rings. The van der Waals surface area contributed by atoms with Gasteiger partial charge < -0.3 is 5.73 Å². The van der Waals surface area contributed by atoms with Crippen LogP contribution in [0, 0.1) is 5.92 Å². The summed E-state index contributed by atoms with van der Waals surface area (Å²) in [6.45, 7) is 8.24. The second-order valence-corrected chi connectivity index (χ2v) is 5.99. The van der Waals surface area contributed by atoms with Crippen LogP contribution in [0.25, 0.3) is 0 Å². The Bertz CT molecular complexity index is 227. The molecule has 2 rings (SSSR count). The van der Waals surface area contributed by atoms with E-state index in [1.54, 1.807) is 0 Å². The van der Waals surface area contributed by atoms with Crippen LogP contribution in [0.3, 0.4) is 0 Å². The maximum atomic E-state index is 6.39. The van der Waals surface area contributed by atoms with Gasteiger partial charge in [-0.1, -0.05) is 19.8 Å². The Labute approximate surface area is 94.2 Å². The minimum absolute atomic E-state index is 0.353. The van der Waals surface area contributed by atoms with Crippen LogP contribution >= 0.6 is 0 Å². The van der Waals surface area contributed by atoms with E-state index in [2.05, 4.69) is 25.7 Å². The third-order valence-corrected chi connectivity index (χ3v) is 4.58. The van der Waals surface area contributed by atoms with E-state index in [9.17, 15) is 0 Å². The van der Waals surface area contributed by atoms with Gasteiger partial charge >= 0.3 is 0 Å². The monoisotopic (exact) mass is 210 g/mol. The van der Waals surface area contributed by atoms with Crippen molar-refractivity contribution in [3.63, 3.8) is 0 Å². The van der Waals surface area contributed by atoms with Crippen LogP contribution in [-0.4, -0.2) is 29.1 Å². The fourth-order valence-electron chi connectivity index (χ4n) is 3.92. The molecule has 0 aromatic heterocycles. The standard InChI is InChI=1S/C13H26N2/c1-10(2)15-8-6-12(14)13(15)7-4-5-11(3)9-13/h10-12H,4-9,14H2,1-3H3. The van der Waals surface area contributed by atoms with Gasteiger partial charge in [-0.05, 0) is 39.0 Å². The Kier molecular flexibility index (Phi) is 3.09. The lowest BCUT2D eigenvalue weighted by molar-refractivity contribution is 0.0369. The van der Waals surface area contributed by atoms with Crippen molar-refractivity contribution in [2.24, 2.45) is 11.7 Å². The van der Waals surface area contributed by atoms with Crippen molar-refractivity contribution in [3.05, 3.63) is 0 Å². The molecular weight excluding hydrogens is 184 g/mol. The molecule has 0 radical (unpaired) electrons. The van der Waals surface area contributed by atoms with E-state index >= 15 is 0 Å². The molecule has 3 unspecified atom stereocenters. The Balaban J connectivity index is 2.20. The number of likely N-dealkylation sites (tertiary alicyclic amines) is 1. The fourth-order valence-corrected chi connectivity index (χ4v) is 3.92. The number of nitrogens with zero attached hydrogens (tertiary/aromatic N) is 1. The Morgan fingerprint density at radius 1 is 1.33 bits per heavy atom. The molecule has 0 aromatic carbocycles. The molecule has 1 heterocycles. The van der Waals surface area contributed by atoms with Gasteiger partial charge in [0.05, 0.1) is 0 Å². The fraction of sp³-hybridized carbons (Fsp3) is 1.00. The molecule has 0 amide bonds. The summed E-state index contributed by atoms with van der Waals surface area (Å²) in [7, 11) is 0. The van der Waals surface area contributed by atoms with E-state index < -0.39 is 0 Å². The molecule has 2 heteroatoms. The van der Waals surface area contributed by atoms with Gasteiger partial charge in [-0.2, -0.15) is 0 Å². The normalized spacial score (nSPS) is 43.0. The first-order valence-corrected chi connectivity index (χ1v) is 6.58. The highest BCUT2D eigenvalue weighted by Gasteiger charge is 2.49. The van der Waals surface area contributed by atoms with Crippen LogP contribution in [-0.2, 0) is 0 Å². The summed E-state index contributed by atoms with van der Waals surface area (Å²) >= 11 is 0. The van der Waals surface area contributed by atoms with E-state index in [1.165, 1.54) is 38.6 Å². The molecule has 0 bridgehead atoms. The zero-order valence-electron chi connectivity index (χ0n) is 10.5. The largest absolute Gasteiger partial charge is 0.326 e. The minimum Gasteiger partial charge on any atom is -0.326 e. The Hall–Kier alpha value is -0.0800. The SMILES string of the molecule is CC1CCCC2(C1)C(N)CCN2C(C)C. The van der Waals surface area contributed by atoms with Gasteiger partial charge in [-0.25, -0.2) is 0 Å². The first-order chi connectivity index (χ1) is 7.06. The predicted molar refractivity (Wildman–Crippen MR) is 64.8 cm³/mol. The van der Waals surface area contributed by atoms with Crippen molar-refractivity contribution in [2.45, 2.75) is 70.5 Å². The number of nitrogens with two attached hydrogens (primary N) is 1. The van der Waals surface area contributed by atoms with Gasteiger partial charge in [0.25, 0.3) is 0 Å². The number of hydrogen-bond acceptors (Lipinski definition) is 2. The van der Waals surface area contributed by atoms with Crippen molar-refractivity contribution >= 4 is 0 Å². The predicted octanol–water partition coefficient (Wildman–Crippen LogP) is 2.38. The van der Waals surface area contributed by atoms with Gasteiger partial charge in [0.1, 0.15) is 0 Å². The molecule has 1 aliphatic carbocycles. The van der Waals surface area contributed by atoms with Crippen molar-refractivity contribution in [3.8, 4) is 0 Å². The van der Waals surface area contributed by atoms with E-state index in [4.69, 9.17) is 5.73 Å². The molecule has 2 aliphatic rings. The summed E-state index contributed by atoms with van der Waals surface area (Å²) in [5.41, 5.74) is 6.75. The van der Waals surface area contributed by atoms with Crippen molar-refractivity contribution < 1.29 is 0 Å². The molecule has 1 aliphatic heterocycles. The summed E-state index contributed by atoms with van der Waals surface area (Å²) in [4.78, 5) is 2.69. The summed E-state index contributed by atoms with van der Waals surface area (Å²) < 4.78 is 0. The highest BCUT2D eigenvalue weighted by Crippen LogP contribution is 2.43. The van der Waals surface area contributed by atoms with Crippen molar-refractivity contribution in [2.75, 3.05) is 6.54 Å². The van der Waals surface area contributed by atoms with Crippen molar-refractivity contribution in [1.82, 2.24) is 4.90 Å². The Morgan fingerprint density at radius 2 is 2.07 bits per heavy atom. The molecule has 1 saturated heterocycles. The van der Waals surface area contributed by atoms with Gasteiger partial charge in [0, 0.05) is 24.2 Å². The lowest BCUT2D eigenvalue weighted by Gasteiger charge is -2.48. The molecule has 2 N–H and O–H groups in total. The smallest absolute Gasteiger partial charge is 0.0366 e. The number of rotatable bonds is 1. The average Bonchev–Trinajstić information content (AvgIpc) is 2.44. The van der Waals surface area contributed by atoms with Crippen molar-refractivity contribution in [1.29, 1.82) is 0 Å². The third kappa shape index (κ3) is 1.83. The summed E-state index contributed by atoms with van der Waals surface area (Å²) in [6, 6.07) is 1.08. The van der Waals surface area contributed by atoms with Gasteiger partial charge in [0.15, 0.2) is 0 Å². The molecule has 88 valence electrons. The summed E-state index contributed by atoms with van der Waals surface area (Å²) in [5, 5.41) is 0. The molecule has 2 fully saturated rings. The first-order valence-electron chi connectivity index (χ1n) is 6.58. The second-order valence-electron chi connectivity index (χ2n) is 5.99. The van der Waals surface area contributed by atoms with Crippen LogP contribution in [0.2, 0.25) is 0 Å². The summed E-state index contributed by atoms with van der Waals surface area (Å²) in [6.07, 6.45) is 6.63. The van der Waals surface area contributed by atoms with E-state index in [1.807, 2.05) is 0 Å². The van der Waals surface area contributed by atoms with Crippen LogP contribution in [0.4, 0.5) is 0 Å². The highest BCUT2D eigenvalue weighted by molar-refractivity contribution is 5.07. The van der Waals surface area contributed by atoms with Crippen LogP contribution in [0.5, 0.6) is 0 Å². The maximum absolute atomic E-state index is 6.39. The van der Waals surface area contributed by atoms with Crippen LogP contribution in [0.15, 0.2) is 0 Å². The van der Waals surface area contributed by atoms with Crippen LogP contribution < -0.4 is 5.73 Å². The van der Waals surface area contributed by atoms with Gasteiger partial charge in [-0.3, -0.25) is 4.90 Å². The molecule has 1 spiro atoms. The summed E-state index contributed by atoms with van der Waals surface area (Å²) in [5.74, 6) is 0.865. The molecule has 1 saturated carbocycles. The first kappa shape index (κ1) is 11.4. The van der Waals surface area contributed by atoms with Gasteiger partial charge in [-0.15, -0.1) is 0 Å². The van der Waals surface area contributed by atoms with E-state index in [-0.39, 0.29) is 0 Å². The van der Waals surface area contributed by atoms with E-state index in [0.717, 1.165) is 5.92 Å². The highest BCUT2D eigenvalue weighted by atomic mass is 15.3. The second kappa shape index (κ2) is 4.06. The quantitative estimate of drug-likeness (QED) is 0.720. The molecular formula is C13H26N2. The van der Waals surface area contributed by atoms with E-state index in [0.29, 0.717) is 17.6 Å². The molecule has 2 nitrogen and oxygen atoms in total. The van der Waals surface area contributed by atoms with Gasteiger partial charge in [0.2, 0.25) is 0 Å². The lowest BCUT2D eigenvalue weighted by atomic mass is 9.72. The number of hydrogen-bond donors (Lipinski definition) is 1.